The van der Waals surface area contributed by atoms with Crippen molar-refractivity contribution in [3.05, 3.63) is 12.2 Å². The summed E-state index contributed by atoms with van der Waals surface area (Å²) < 4.78 is 11.0. The molecule has 18 heavy (non-hydrogen) atoms. The highest BCUT2D eigenvalue weighted by atomic mass is 16.6. The van der Waals surface area contributed by atoms with Crippen LogP contribution in [0.2, 0.25) is 0 Å². The molecule has 0 saturated carbocycles. The van der Waals surface area contributed by atoms with Gasteiger partial charge in [-0.3, -0.25) is 4.90 Å². The second kappa shape index (κ2) is 5.28. The topological polar surface area (TPSA) is 64.8 Å². The fourth-order valence-corrected chi connectivity index (χ4v) is 1.88. The van der Waals surface area contributed by atoms with Crippen LogP contribution < -0.4 is 5.73 Å². The number of nitrogens with two attached hydrogens (primary N) is 1. The molecule has 1 amide bonds. The molecule has 0 aromatic heterocycles. The van der Waals surface area contributed by atoms with E-state index in [-0.39, 0.29) is 12.1 Å². The lowest BCUT2D eigenvalue weighted by atomic mass is 10.2. The summed E-state index contributed by atoms with van der Waals surface area (Å²) in [5.41, 5.74) is 4.26. The minimum absolute atomic E-state index is 0.126. The molecule has 2 N–H and O–H groups in total. The van der Waals surface area contributed by atoms with Crippen LogP contribution in [-0.4, -0.2) is 41.5 Å². The van der Waals surface area contributed by atoms with Crippen molar-refractivity contribution in [1.29, 1.82) is 0 Å². The molecule has 0 bridgehead atoms. The summed E-state index contributed by atoms with van der Waals surface area (Å²) >= 11 is 0. The minimum Gasteiger partial charge on any atom is -0.444 e. The Morgan fingerprint density at radius 1 is 1.56 bits per heavy atom. The molecule has 1 saturated heterocycles. The van der Waals surface area contributed by atoms with Crippen LogP contribution in [0.15, 0.2) is 12.2 Å². The standard InChI is InChI=1S/C13H24N2O3/c1-12(2,3)18-11(16)15-10(7-6-8-14)9-17-13(15,4)5/h6-7,10H,8-9,14H2,1-5H3/b7-6+. The number of ether oxygens (including phenoxy) is 2. The Morgan fingerprint density at radius 3 is 2.67 bits per heavy atom. The molecule has 0 radical (unpaired) electrons. The van der Waals surface area contributed by atoms with E-state index in [0.717, 1.165) is 0 Å². The van der Waals surface area contributed by atoms with Gasteiger partial charge >= 0.3 is 6.09 Å². The third kappa shape index (κ3) is 3.71. The summed E-state index contributed by atoms with van der Waals surface area (Å²) in [7, 11) is 0. The molecular formula is C13H24N2O3. The van der Waals surface area contributed by atoms with E-state index in [2.05, 4.69) is 0 Å². The van der Waals surface area contributed by atoms with E-state index in [1.165, 1.54) is 0 Å². The SMILES string of the molecule is CC(C)(C)OC(=O)N1C(/C=C/CN)COC1(C)C. The number of carbonyl (C=O) groups is 1. The molecule has 0 aliphatic carbocycles. The van der Waals surface area contributed by atoms with Gasteiger partial charge in [0.2, 0.25) is 0 Å². The Bertz CT molecular complexity index is 332. The van der Waals surface area contributed by atoms with Crippen molar-refractivity contribution in [3.8, 4) is 0 Å². The van der Waals surface area contributed by atoms with Gasteiger partial charge < -0.3 is 15.2 Å². The Balaban J connectivity index is 2.85. The number of hydrogen-bond donors (Lipinski definition) is 1. The van der Waals surface area contributed by atoms with E-state index < -0.39 is 11.3 Å². The highest BCUT2D eigenvalue weighted by Gasteiger charge is 2.44. The van der Waals surface area contributed by atoms with Crippen molar-refractivity contribution < 1.29 is 14.3 Å². The van der Waals surface area contributed by atoms with Gasteiger partial charge in [0.05, 0.1) is 12.6 Å². The predicted octanol–water partition coefficient (Wildman–Crippen LogP) is 1.87. The van der Waals surface area contributed by atoms with Crippen molar-refractivity contribution in [3.63, 3.8) is 0 Å². The quantitative estimate of drug-likeness (QED) is 0.766. The van der Waals surface area contributed by atoms with Crippen LogP contribution in [0.4, 0.5) is 4.79 Å². The minimum atomic E-state index is -0.661. The molecular weight excluding hydrogens is 232 g/mol. The molecule has 1 fully saturated rings. The van der Waals surface area contributed by atoms with Gasteiger partial charge in [-0.1, -0.05) is 12.2 Å². The maximum Gasteiger partial charge on any atom is 0.413 e. The summed E-state index contributed by atoms with van der Waals surface area (Å²) in [4.78, 5) is 13.8. The normalized spacial score (nSPS) is 23.7. The van der Waals surface area contributed by atoms with Crippen LogP contribution in [0.1, 0.15) is 34.6 Å². The monoisotopic (exact) mass is 256 g/mol. The van der Waals surface area contributed by atoms with Gasteiger partial charge in [0.25, 0.3) is 0 Å². The maximum absolute atomic E-state index is 12.2. The summed E-state index contributed by atoms with van der Waals surface area (Å²) in [6.07, 6.45) is 3.35. The van der Waals surface area contributed by atoms with E-state index in [4.69, 9.17) is 15.2 Å². The van der Waals surface area contributed by atoms with Crippen LogP contribution in [0, 0.1) is 0 Å². The van der Waals surface area contributed by atoms with Gasteiger partial charge in [-0.15, -0.1) is 0 Å². The summed E-state index contributed by atoms with van der Waals surface area (Å²) in [6, 6.07) is -0.126. The molecule has 1 aliphatic heterocycles. The largest absolute Gasteiger partial charge is 0.444 e. The van der Waals surface area contributed by atoms with E-state index in [9.17, 15) is 4.79 Å². The van der Waals surface area contributed by atoms with Crippen LogP contribution >= 0.6 is 0 Å². The maximum atomic E-state index is 12.2. The van der Waals surface area contributed by atoms with Crippen molar-refractivity contribution in [2.24, 2.45) is 5.73 Å². The van der Waals surface area contributed by atoms with Crippen LogP contribution in [0.3, 0.4) is 0 Å². The van der Waals surface area contributed by atoms with Crippen molar-refractivity contribution in [2.45, 2.75) is 52.0 Å². The molecule has 0 spiro atoms. The Morgan fingerprint density at radius 2 is 2.17 bits per heavy atom. The molecule has 104 valence electrons. The first kappa shape index (κ1) is 15.0. The third-order valence-electron chi connectivity index (χ3n) is 2.60. The molecule has 1 rings (SSSR count). The number of nitrogens with zero attached hydrogens (tertiary/aromatic N) is 1. The molecule has 0 aromatic carbocycles. The zero-order valence-corrected chi connectivity index (χ0v) is 11.9. The van der Waals surface area contributed by atoms with Crippen molar-refractivity contribution in [2.75, 3.05) is 13.2 Å². The van der Waals surface area contributed by atoms with Gasteiger partial charge in [0.15, 0.2) is 0 Å². The summed E-state index contributed by atoms with van der Waals surface area (Å²) in [5, 5.41) is 0. The van der Waals surface area contributed by atoms with E-state index in [1.54, 1.807) is 4.90 Å². The molecule has 1 atom stereocenters. The average molecular weight is 256 g/mol. The van der Waals surface area contributed by atoms with Gasteiger partial charge in [-0.25, -0.2) is 4.79 Å². The fraction of sp³-hybridized carbons (Fsp3) is 0.769. The first-order valence-electron chi connectivity index (χ1n) is 6.20. The highest BCUT2D eigenvalue weighted by Crippen LogP contribution is 2.29. The fourth-order valence-electron chi connectivity index (χ4n) is 1.88. The molecule has 1 aliphatic rings. The van der Waals surface area contributed by atoms with E-state index in [1.807, 2.05) is 46.8 Å². The summed E-state index contributed by atoms with van der Waals surface area (Å²) in [6.45, 7) is 10.2. The smallest absolute Gasteiger partial charge is 0.413 e. The number of hydrogen-bond acceptors (Lipinski definition) is 4. The van der Waals surface area contributed by atoms with Crippen LogP contribution in [-0.2, 0) is 9.47 Å². The van der Waals surface area contributed by atoms with Gasteiger partial charge in [-0.05, 0) is 34.6 Å². The number of rotatable bonds is 2. The third-order valence-corrected chi connectivity index (χ3v) is 2.60. The van der Waals surface area contributed by atoms with E-state index in [0.29, 0.717) is 13.2 Å². The molecule has 1 heterocycles. The lowest BCUT2D eigenvalue weighted by molar-refractivity contribution is -0.0610. The second-order valence-corrected chi connectivity index (χ2v) is 5.84. The molecule has 1 unspecified atom stereocenters. The average Bonchev–Trinajstić information content (AvgIpc) is 2.48. The van der Waals surface area contributed by atoms with Crippen LogP contribution in [0.25, 0.3) is 0 Å². The van der Waals surface area contributed by atoms with Crippen molar-refractivity contribution in [1.82, 2.24) is 4.90 Å². The zero-order valence-electron chi connectivity index (χ0n) is 11.9. The Labute approximate surface area is 109 Å². The van der Waals surface area contributed by atoms with E-state index >= 15 is 0 Å². The second-order valence-electron chi connectivity index (χ2n) is 5.84. The Hall–Kier alpha value is -1.07. The number of carbonyl (C=O) groups excluding carboxylic acids is 1. The Kier molecular flexibility index (Phi) is 4.40. The highest BCUT2D eigenvalue weighted by molar-refractivity contribution is 5.70. The number of amides is 1. The zero-order chi connectivity index (χ0) is 14.0. The van der Waals surface area contributed by atoms with Gasteiger partial charge in [-0.2, -0.15) is 0 Å². The lowest BCUT2D eigenvalue weighted by Gasteiger charge is -2.34. The van der Waals surface area contributed by atoms with Crippen LogP contribution in [0.5, 0.6) is 0 Å². The first-order valence-corrected chi connectivity index (χ1v) is 6.20. The van der Waals surface area contributed by atoms with Crippen molar-refractivity contribution >= 4 is 6.09 Å². The molecule has 0 aromatic rings. The first-order chi connectivity index (χ1) is 8.17. The lowest BCUT2D eigenvalue weighted by Crippen LogP contribution is -2.49. The molecule has 5 heteroatoms. The van der Waals surface area contributed by atoms with Gasteiger partial charge in [0.1, 0.15) is 11.3 Å². The predicted molar refractivity (Wildman–Crippen MR) is 70.1 cm³/mol. The molecule has 5 nitrogen and oxygen atoms in total. The van der Waals surface area contributed by atoms with Gasteiger partial charge in [0, 0.05) is 6.54 Å². The summed E-state index contributed by atoms with van der Waals surface area (Å²) in [5.74, 6) is 0.